The van der Waals surface area contributed by atoms with Crippen LogP contribution in [0.2, 0.25) is 0 Å². The molecule has 104 valence electrons. The molecule has 6 heteroatoms. The fraction of sp³-hybridized carbons (Fsp3) is 0.462. The van der Waals surface area contributed by atoms with Gasteiger partial charge in [0.25, 0.3) is 0 Å². The molecule has 0 saturated heterocycles. The molecule has 0 aromatic heterocycles. The molecule has 0 fully saturated rings. The molecule has 0 bridgehead atoms. The Kier molecular flexibility index (Phi) is 6.74. The van der Waals surface area contributed by atoms with Gasteiger partial charge in [0, 0.05) is 17.9 Å². The first kappa shape index (κ1) is 15.9. The molecule has 0 aliphatic rings. The Hall–Kier alpha value is -1.19. The van der Waals surface area contributed by atoms with E-state index in [2.05, 4.69) is 11.4 Å². The Balaban J connectivity index is 2.27. The predicted octanol–water partition coefficient (Wildman–Crippen LogP) is 4.08. The van der Waals surface area contributed by atoms with Gasteiger partial charge in [0.05, 0.1) is 6.07 Å². The van der Waals surface area contributed by atoms with Crippen molar-refractivity contribution < 1.29 is 13.2 Å². The van der Waals surface area contributed by atoms with Crippen LogP contribution in [0.1, 0.15) is 24.8 Å². The first-order valence-electron chi connectivity index (χ1n) is 5.93. The molecule has 0 spiro atoms. The lowest BCUT2D eigenvalue weighted by Gasteiger charge is -2.07. The minimum Gasteiger partial charge on any atom is -0.313 e. The third kappa shape index (κ3) is 7.75. The molecule has 0 saturated carbocycles. The van der Waals surface area contributed by atoms with Crippen LogP contribution < -0.4 is 5.32 Å². The maximum atomic E-state index is 12.1. The van der Waals surface area contributed by atoms with Crippen LogP contribution in [0.4, 0.5) is 13.2 Å². The summed E-state index contributed by atoms with van der Waals surface area (Å²) in [6, 6.07) is 8.41. The van der Waals surface area contributed by atoms with Crippen molar-refractivity contribution in [1.82, 2.24) is 5.32 Å². The summed E-state index contributed by atoms with van der Waals surface area (Å²) < 4.78 is 36.4. The Morgan fingerprint density at radius 3 is 2.42 bits per heavy atom. The van der Waals surface area contributed by atoms with Crippen LogP contribution in [0.5, 0.6) is 0 Å². The van der Waals surface area contributed by atoms with Crippen molar-refractivity contribution in [2.24, 2.45) is 0 Å². The molecule has 0 heterocycles. The van der Waals surface area contributed by atoms with Crippen molar-refractivity contribution in [3.63, 3.8) is 0 Å². The zero-order valence-electron chi connectivity index (χ0n) is 10.3. The maximum absolute atomic E-state index is 12.1. The van der Waals surface area contributed by atoms with Gasteiger partial charge < -0.3 is 5.32 Å². The fourth-order valence-electron chi connectivity index (χ4n) is 1.50. The van der Waals surface area contributed by atoms with Crippen molar-refractivity contribution in [3.8, 4) is 6.07 Å². The molecule has 1 aromatic carbocycles. The molecule has 1 rings (SSSR count). The molecule has 0 aliphatic heterocycles. The summed E-state index contributed by atoms with van der Waals surface area (Å²) in [5.41, 5.74) is -3.28. The number of benzene rings is 1. The minimum absolute atomic E-state index is 0.104. The van der Waals surface area contributed by atoms with Gasteiger partial charge in [-0.25, -0.2) is 0 Å². The van der Waals surface area contributed by atoms with Gasteiger partial charge in [-0.3, -0.25) is 0 Å². The molecule has 0 unspecified atom stereocenters. The fourth-order valence-corrected chi connectivity index (χ4v) is 2.04. The molecular weight excluding hydrogens is 273 g/mol. The van der Waals surface area contributed by atoms with Crippen LogP contribution in [-0.4, -0.2) is 12.1 Å². The van der Waals surface area contributed by atoms with E-state index < -0.39 is 5.51 Å². The normalized spacial score (nSPS) is 11.3. The standard InChI is InChI=1S/C13H15F3N2S/c14-13(15,16)19-12-6-4-11(5-7-12)10-18-9-3-1-2-8-17/h4-7,18H,1-3,9-10H2. The highest BCUT2D eigenvalue weighted by Crippen LogP contribution is 2.36. The lowest BCUT2D eigenvalue weighted by Crippen LogP contribution is -2.14. The van der Waals surface area contributed by atoms with E-state index in [9.17, 15) is 13.2 Å². The summed E-state index contributed by atoms with van der Waals surface area (Å²) in [6.45, 7) is 1.43. The highest BCUT2D eigenvalue weighted by atomic mass is 32.2. The molecule has 1 N–H and O–H groups in total. The molecule has 0 amide bonds. The predicted molar refractivity (Wildman–Crippen MR) is 69.5 cm³/mol. The number of nitriles is 1. The maximum Gasteiger partial charge on any atom is 0.446 e. The van der Waals surface area contributed by atoms with E-state index in [1.807, 2.05) is 0 Å². The van der Waals surface area contributed by atoms with E-state index in [-0.39, 0.29) is 16.7 Å². The van der Waals surface area contributed by atoms with E-state index in [4.69, 9.17) is 5.26 Å². The zero-order valence-corrected chi connectivity index (χ0v) is 11.2. The number of hydrogen-bond donors (Lipinski definition) is 1. The van der Waals surface area contributed by atoms with Gasteiger partial charge in [0.15, 0.2) is 0 Å². The lowest BCUT2D eigenvalue weighted by molar-refractivity contribution is -0.0328. The number of halogens is 3. The number of rotatable bonds is 7. The molecule has 1 aromatic rings. The molecule has 0 radical (unpaired) electrons. The number of unbranched alkanes of at least 4 members (excludes halogenated alkanes) is 2. The first-order chi connectivity index (χ1) is 9.01. The summed E-state index contributed by atoms with van der Waals surface area (Å²) in [5.74, 6) is 0. The van der Waals surface area contributed by atoms with Crippen molar-refractivity contribution in [2.45, 2.75) is 36.2 Å². The van der Waals surface area contributed by atoms with E-state index in [0.717, 1.165) is 24.9 Å². The monoisotopic (exact) mass is 288 g/mol. The summed E-state index contributed by atoms with van der Waals surface area (Å²) in [5, 5.41) is 11.5. The molecule has 19 heavy (non-hydrogen) atoms. The SMILES string of the molecule is N#CCCCCNCc1ccc(SC(F)(F)F)cc1. The highest BCUT2D eigenvalue weighted by molar-refractivity contribution is 8.00. The third-order valence-corrected chi connectivity index (χ3v) is 3.12. The van der Waals surface area contributed by atoms with Gasteiger partial charge in [-0.1, -0.05) is 12.1 Å². The Morgan fingerprint density at radius 2 is 1.84 bits per heavy atom. The van der Waals surface area contributed by atoms with Crippen molar-refractivity contribution >= 4 is 11.8 Å². The molecule has 0 aliphatic carbocycles. The van der Waals surface area contributed by atoms with Gasteiger partial charge in [-0.05, 0) is 48.8 Å². The van der Waals surface area contributed by atoms with Crippen molar-refractivity contribution in [3.05, 3.63) is 29.8 Å². The second-order valence-electron chi connectivity index (χ2n) is 3.98. The molecule has 2 nitrogen and oxygen atoms in total. The van der Waals surface area contributed by atoms with Crippen LogP contribution in [0.3, 0.4) is 0 Å². The van der Waals surface area contributed by atoms with Crippen molar-refractivity contribution in [2.75, 3.05) is 6.54 Å². The average molecular weight is 288 g/mol. The third-order valence-electron chi connectivity index (χ3n) is 2.38. The minimum atomic E-state index is -4.24. The zero-order chi connectivity index (χ0) is 14.1. The van der Waals surface area contributed by atoms with Crippen LogP contribution in [0, 0.1) is 11.3 Å². The molecule has 0 atom stereocenters. The number of alkyl halides is 3. The largest absolute Gasteiger partial charge is 0.446 e. The highest BCUT2D eigenvalue weighted by Gasteiger charge is 2.28. The van der Waals surface area contributed by atoms with Crippen LogP contribution in [0.25, 0.3) is 0 Å². The van der Waals surface area contributed by atoms with Crippen LogP contribution >= 0.6 is 11.8 Å². The summed E-state index contributed by atoms with van der Waals surface area (Å²) in [4.78, 5) is 0.199. The number of thioether (sulfide) groups is 1. The van der Waals surface area contributed by atoms with Gasteiger partial charge in [0.2, 0.25) is 0 Å². The second-order valence-corrected chi connectivity index (χ2v) is 5.12. The van der Waals surface area contributed by atoms with Gasteiger partial charge >= 0.3 is 5.51 Å². The topological polar surface area (TPSA) is 35.8 Å². The summed E-state index contributed by atoms with van der Waals surface area (Å²) in [7, 11) is 0. The summed E-state index contributed by atoms with van der Waals surface area (Å²) in [6.07, 6.45) is 2.35. The van der Waals surface area contributed by atoms with Gasteiger partial charge in [0.1, 0.15) is 0 Å². The first-order valence-corrected chi connectivity index (χ1v) is 6.75. The average Bonchev–Trinajstić information content (AvgIpc) is 2.34. The van der Waals surface area contributed by atoms with Crippen molar-refractivity contribution in [1.29, 1.82) is 5.26 Å². The molecular formula is C13H15F3N2S. The van der Waals surface area contributed by atoms with E-state index in [1.165, 1.54) is 12.1 Å². The number of nitrogens with zero attached hydrogens (tertiary/aromatic N) is 1. The Labute approximate surface area is 115 Å². The number of nitrogens with one attached hydrogen (secondary N) is 1. The second kappa shape index (κ2) is 8.08. The van der Waals surface area contributed by atoms with Crippen LogP contribution in [-0.2, 0) is 6.54 Å². The number of hydrogen-bond acceptors (Lipinski definition) is 3. The van der Waals surface area contributed by atoms with Gasteiger partial charge in [-0.15, -0.1) is 0 Å². The smallest absolute Gasteiger partial charge is 0.313 e. The quantitative estimate of drug-likeness (QED) is 0.606. The van der Waals surface area contributed by atoms with E-state index in [0.29, 0.717) is 13.0 Å². The van der Waals surface area contributed by atoms with E-state index in [1.54, 1.807) is 12.1 Å². The van der Waals surface area contributed by atoms with Gasteiger partial charge in [-0.2, -0.15) is 18.4 Å². The Morgan fingerprint density at radius 1 is 1.16 bits per heavy atom. The lowest BCUT2D eigenvalue weighted by atomic mass is 10.2. The van der Waals surface area contributed by atoms with Crippen LogP contribution in [0.15, 0.2) is 29.2 Å². The van der Waals surface area contributed by atoms with E-state index >= 15 is 0 Å². The summed E-state index contributed by atoms with van der Waals surface area (Å²) >= 11 is -0.104. The Bertz CT molecular complexity index is 409.